The first-order valence-corrected chi connectivity index (χ1v) is 8.33. The van der Waals surface area contributed by atoms with E-state index in [0.29, 0.717) is 12.3 Å². The van der Waals surface area contributed by atoms with Crippen molar-refractivity contribution in [3.63, 3.8) is 0 Å². The van der Waals surface area contributed by atoms with Crippen LogP contribution in [0.2, 0.25) is 0 Å². The maximum absolute atomic E-state index is 13.0. The fraction of sp³-hybridized carbons (Fsp3) is 0.556. The zero-order valence-electron chi connectivity index (χ0n) is 13.1. The Hall–Kier alpha value is -1.68. The molecular formula is C18H22N2O2. The van der Waals surface area contributed by atoms with E-state index in [2.05, 4.69) is 19.2 Å². The molecule has 3 aliphatic rings. The number of carbonyl (C=O) groups is 2. The molecule has 0 unspecified atom stereocenters. The van der Waals surface area contributed by atoms with Crippen molar-refractivity contribution in [2.75, 3.05) is 6.54 Å². The number of ketones is 1. The van der Waals surface area contributed by atoms with Gasteiger partial charge in [-0.25, -0.2) is 0 Å². The Morgan fingerprint density at radius 1 is 1.27 bits per heavy atom. The Bertz CT molecular complexity index is 642. The molecule has 1 aromatic rings. The normalized spacial score (nSPS) is 36.3. The molecule has 0 radical (unpaired) electrons. The number of Topliss-reactive ketones (excluding diaryl/α,β-unsaturated/α-hetero) is 1. The molecule has 0 aliphatic carbocycles. The van der Waals surface area contributed by atoms with E-state index in [9.17, 15) is 9.59 Å². The van der Waals surface area contributed by atoms with Crippen LogP contribution >= 0.6 is 0 Å². The smallest absolute Gasteiger partial charge is 0.254 e. The van der Waals surface area contributed by atoms with Gasteiger partial charge in [-0.3, -0.25) is 9.59 Å². The van der Waals surface area contributed by atoms with Crippen molar-refractivity contribution in [2.45, 2.75) is 44.8 Å². The molecule has 22 heavy (non-hydrogen) atoms. The first-order valence-electron chi connectivity index (χ1n) is 8.33. The number of benzene rings is 1. The zero-order chi connectivity index (χ0) is 15.4. The second-order valence-corrected chi connectivity index (χ2v) is 6.87. The van der Waals surface area contributed by atoms with Gasteiger partial charge < -0.3 is 10.2 Å². The van der Waals surface area contributed by atoms with Crippen molar-refractivity contribution in [3.8, 4) is 0 Å². The van der Waals surface area contributed by atoms with Crippen LogP contribution in [-0.2, 0) is 4.79 Å². The molecule has 0 aromatic heterocycles. The van der Waals surface area contributed by atoms with Crippen molar-refractivity contribution < 1.29 is 9.59 Å². The molecule has 4 nitrogen and oxygen atoms in total. The SMILES string of the molecule is CCC[C@@H]1N[C@H](C)[C@@H]2C(=O)[C@H]1CN1C(=O)c3ccccc3[C@@H]21. The molecule has 4 heteroatoms. The number of amides is 1. The molecule has 3 aliphatic heterocycles. The van der Waals surface area contributed by atoms with E-state index in [0.717, 1.165) is 24.0 Å². The third-order valence-electron chi connectivity index (χ3n) is 5.64. The van der Waals surface area contributed by atoms with Gasteiger partial charge in [-0.1, -0.05) is 31.5 Å². The van der Waals surface area contributed by atoms with Gasteiger partial charge in [0.1, 0.15) is 5.78 Å². The minimum atomic E-state index is -0.112. The van der Waals surface area contributed by atoms with Gasteiger partial charge >= 0.3 is 0 Å². The van der Waals surface area contributed by atoms with Crippen molar-refractivity contribution in [2.24, 2.45) is 11.8 Å². The summed E-state index contributed by atoms with van der Waals surface area (Å²) in [5.74, 6) is 0.304. The summed E-state index contributed by atoms with van der Waals surface area (Å²) in [5.41, 5.74) is 1.82. The highest BCUT2D eigenvalue weighted by molar-refractivity contribution is 6.02. The van der Waals surface area contributed by atoms with Gasteiger partial charge in [0.05, 0.1) is 17.9 Å². The predicted octanol–water partition coefficient (Wildman–Crippen LogP) is 2.16. The molecule has 2 saturated heterocycles. The van der Waals surface area contributed by atoms with E-state index >= 15 is 0 Å². The monoisotopic (exact) mass is 298 g/mol. The molecule has 0 spiro atoms. The number of piperidine rings is 2. The standard InChI is InChI=1S/C18H22N2O2/c1-3-6-14-13-9-20-16(15(17(13)21)10(2)19-14)11-7-4-5-8-12(11)18(20)22/h4-5,7-8,10,13-16,19H,3,6,9H2,1-2H3/t10-,13+,14+,15+,16+/m1/s1. The zero-order valence-corrected chi connectivity index (χ0v) is 13.1. The highest BCUT2D eigenvalue weighted by Crippen LogP contribution is 2.47. The molecule has 1 aromatic carbocycles. The van der Waals surface area contributed by atoms with Gasteiger partial charge in [0.25, 0.3) is 5.91 Å². The van der Waals surface area contributed by atoms with Crippen molar-refractivity contribution in [1.82, 2.24) is 10.2 Å². The van der Waals surface area contributed by atoms with E-state index in [-0.39, 0.29) is 35.9 Å². The van der Waals surface area contributed by atoms with Gasteiger partial charge in [-0.05, 0) is 25.0 Å². The first-order chi connectivity index (χ1) is 10.6. The molecule has 2 bridgehead atoms. The summed E-state index contributed by atoms with van der Waals surface area (Å²) >= 11 is 0. The van der Waals surface area contributed by atoms with E-state index in [1.54, 1.807) is 0 Å². The second-order valence-electron chi connectivity index (χ2n) is 6.87. The highest BCUT2D eigenvalue weighted by atomic mass is 16.2. The number of fused-ring (bicyclic) bond motifs is 6. The lowest BCUT2D eigenvalue weighted by molar-refractivity contribution is -0.140. The minimum Gasteiger partial charge on any atom is -0.330 e. The third-order valence-corrected chi connectivity index (χ3v) is 5.64. The second kappa shape index (κ2) is 4.92. The van der Waals surface area contributed by atoms with Crippen LogP contribution < -0.4 is 5.32 Å². The van der Waals surface area contributed by atoms with E-state index in [1.807, 2.05) is 29.2 Å². The van der Waals surface area contributed by atoms with Crippen LogP contribution in [0.5, 0.6) is 0 Å². The highest BCUT2D eigenvalue weighted by Gasteiger charge is 2.55. The number of hydrogen-bond donors (Lipinski definition) is 1. The van der Waals surface area contributed by atoms with Gasteiger partial charge in [0.2, 0.25) is 0 Å². The van der Waals surface area contributed by atoms with Crippen molar-refractivity contribution in [1.29, 1.82) is 0 Å². The molecule has 3 heterocycles. The minimum absolute atomic E-state index is 0.0457. The fourth-order valence-corrected chi connectivity index (χ4v) is 4.69. The first kappa shape index (κ1) is 13.9. The largest absolute Gasteiger partial charge is 0.330 e. The average molecular weight is 298 g/mol. The molecule has 116 valence electrons. The van der Waals surface area contributed by atoms with E-state index in [1.165, 1.54) is 0 Å². The third kappa shape index (κ3) is 1.73. The van der Waals surface area contributed by atoms with Gasteiger partial charge in [0, 0.05) is 24.2 Å². The van der Waals surface area contributed by atoms with Crippen LogP contribution in [0, 0.1) is 11.8 Å². The molecular weight excluding hydrogens is 276 g/mol. The Morgan fingerprint density at radius 3 is 2.82 bits per heavy atom. The average Bonchev–Trinajstić information content (AvgIpc) is 2.78. The number of carbonyl (C=O) groups excluding carboxylic acids is 2. The summed E-state index contributed by atoms with van der Waals surface area (Å²) in [7, 11) is 0. The summed E-state index contributed by atoms with van der Waals surface area (Å²) < 4.78 is 0. The van der Waals surface area contributed by atoms with Crippen molar-refractivity contribution >= 4 is 11.7 Å². The van der Waals surface area contributed by atoms with Crippen LogP contribution in [0.1, 0.15) is 48.7 Å². The van der Waals surface area contributed by atoms with Crippen LogP contribution in [-0.4, -0.2) is 35.2 Å². The van der Waals surface area contributed by atoms with E-state index in [4.69, 9.17) is 0 Å². The lowest BCUT2D eigenvalue weighted by atomic mass is 9.70. The van der Waals surface area contributed by atoms with Crippen LogP contribution in [0.4, 0.5) is 0 Å². The Morgan fingerprint density at radius 2 is 2.05 bits per heavy atom. The van der Waals surface area contributed by atoms with Gasteiger partial charge in [0.15, 0.2) is 0 Å². The number of nitrogens with zero attached hydrogens (tertiary/aromatic N) is 1. The molecule has 2 fully saturated rings. The number of hydrogen-bond acceptors (Lipinski definition) is 3. The lowest BCUT2D eigenvalue weighted by Crippen LogP contribution is -2.65. The lowest BCUT2D eigenvalue weighted by Gasteiger charge is -2.50. The van der Waals surface area contributed by atoms with Crippen LogP contribution in [0.3, 0.4) is 0 Å². The Kier molecular flexibility index (Phi) is 3.12. The summed E-state index contributed by atoms with van der Waals surface area (Å²) in [6.45, 7) is 4.81. The fourth-order valence-electron chi connectivity index (χ4n) is 4.69. The van der Waals surface area contributed by atoms with Crippen LogP contribution in [0.25, 0.3) is 0 Å². The quantitative estimate of drug-likeness (QED) is 0.910. The predicted molar refractivity (Wildman–Crippen MR) is 83.5 cm³/mol. The summed E-state index contributed by atoms with van der Waals surface area (Å²) in [6.07, 6.45) is 2.05. The maximum Gasteiger partial charge on any atom is 0.254 e. The van der Waals surface area contributed by atoms with Crippen molar-refractivity contribution in [3.05, 3.63) is 35.4 Å². The number of rotatable bonds is 2. The van der Waals surface area contributed by atoms with Gasteiger partial charge in [-0.15, -0.1) is 0 Å². The molecule has 5 atom stereocenters. The van der Waals surface area contributed by atoms with Gasteiger partial charge in [-0.2, -0.15) is 0 Å². The van der Waals surface area contributed by atoms with E-state index < -0.39 is 0 Å². The molecule has 1 N–H and O–H groups in total. The molecule has 1 amide bonds. The number of nitrogens with one attached hydrogen (secondary N) is 1. The topological polar surface area (TPSA) is 49.4 Å². The Balaban J connectivity index is 1.77. The summed E-state index contributed by atoms with van der Waals surface area (Å²) in [5, 5.41) is 3.65. The van der Waals surface area contributed by atoms with Crippen LogP contribution in [0.15, 0.2) is 24.3 Å². The maximum atomic E-state index is 13.0. The Labute approximate surface area is 130 Å². The summed E-state index contributed by atoms with van der Waals surface area (Å²) in [6, 6.07) is 8.03. The molecule has 4 rings (SSSR count). The summed E-state index contributed by atoms with van der Waals surface area (Å²) in [4.78, 5) is 27.7. The molecule has 0 saturated carbocycles.